The van der Waals surface area contributed by atoms with Gasteiger partial charge in [-0.3, -0.25) is 4.79 Å². The molecule has 0 bridgehead atoms. The Morgan fingerprint density at radius 3 is 2.88 bits per heavy atom. The Morgan fingerprint density at radius 2 is 2.25 bits per heavy atom. The molecule has 86 valence electrons. The zero-order valence-electron chi connectivity index (χ0n) is 8.56. The van der Waals surface area contributed by atoms with Gasteiger partial charge in [0.1, 0.15) is 0 Å². The van der Waals surface area contributed by atoms with Crippen LogP contribution in [0.1, 0.15) is 6.42 Å². The van der Waals surface area contributed by atoms with Crippen molar-refractivity contribution in [3.8, 4) is 0 Å². The molecule has 1 saturated heterocycles. The first-order valence-electron chi connectivity index (χ1n) is 5.01. The summed E-state index contributed by atoms with van der Waals surface area (Å²) < 4.78 is 0. The SMILES string of the molecule is O=C1CC(CS)CN1c1cc(Cl)ccc1S. The van der Waals surface area contributed by atoms with Gasteiger partial charge in [-0.05, 0) is 29.9 Å². The third-order valence-corrected chi connectivity index (χ3v) is 3.82. The van der Waals surface area contributed by atoms with E-state index >= 15 is 0 Å². The summed E-state index contributed by atoms with van der Waals surface area (Å²) in [7, 11) is 0. The van der Waals surface area contributed by atoms with Crippen LogP contribution >= 0.6 is 36.9 Å². The second-order valence-electron chi connectivity index (χ2n) is 3.89. The van der Waals surface area contributed by atoms with Crippen LogP contribution in [0, 0.1) is 5.92 Å². The summed E-state index contributed by atoms with van der Waals surface area (Å²) in [6.07, 6.45) is 0.559. The highest BCUT2D eigenvalue weighted by Gasteiger charge is 2.30. The fourth-order valence-electron chi connectivity index (χ4n) is 1.85. The van der Waals surface area contributed by atoms with Gasteiger partial charge in [-0.1, -0.05) is 11.6 Å². The smallest absolute Gasteiger partial charge is 0.227 e. The molecular weight excluding hydrogens is 262 g/mol. The number of halogens is 1. The summed E-state index contributed by atoms with van der Waals surface area (Å²) in [5, 5.41) is 0.620. The van der Waals surface area contributed by atoms with Crippen molar-refractivity contribution in [2.24, 2.45) is 5.92 Å². The van der Waals surface area contributed by atoms with E-state index in [4.69, 9.17) is 11.6 Å². The zero-order valence-corrected chi connectivity index (χ0v) is 11.1. The van der Waals surface area contributed by atoms with Gasteiger partial charge in [0.05, 0.1) is 5.69 Å². The Morgan fingerprint density at radius 1 is 1.50 bits per heavy atom. The maximum absolute atomic E-state index is 11.8. The maximum atomic E-state index is 11.8. The van der Waals surface area contributed by atoms with Crippen molar-refractivity contribution < 1.29 is 4.79 Å². The van der Waals surface area contributed by atoms with Crippen LogP contribution in [0.2, 0.25) is 5.02 Å². The lowest BCUT2D eigenvalue weighted by Gasteiger charge is -2.18. The van der Waals surface area contributed by atoms with Crippen molar-refractivity contribution in [2.45, 2.75) is 11.3 Å². The Bertz CT molecular complexity index is 424. The quantitative estimate of drug-likeness (QED) is 0.794. The minimum absolute atomic E-state index is 0.122. The average molecular weight is 274 g/mol. The fourth-order valence-corrected chi connectivity index (χ4v) is 2.52. The molecule has 1 aromatic carbocycles. The highest BCUT2D eigenvalue weighted by Crippen LogP contribution is 2.32. The van der Waals surface area contributed by atoms with Gasteiger partial charge < -0.3 is 4.90 Å². The van der Waals surface area contributed by atoms with E-state index in [2.05, 4.69) is 25.3 Å². The molecule has 0 N–H and O–H groups in total. The first-order chi connectivity index (χ1) is 7.61. The summed E-state index contributed by atoms with van der Waals surface area (Å²) in [5.41, 5.74) is 0.796. The van der Waals surface area contributed by atoms with E-state index in [1.165, 1.54) is 0 Å². The summed E-state index contributed by atoms with van der Waals surface area (Å²) >= 11 is 14.5. The van der Waals surface area contributed by atoms with E-state index in [1.807, 2.05) is 6.07 Å². The molecule has 1 aromatic rings. The molecule has 1 fully saturated rings. The van der Waals surface area contributed by atoms with Crippen LogP contribution in [0.15, 0.2) is 23.1 Å². The molecule has 0 aromatic heterocycles. The van der Waals surface area contributed by atoms with Crippen LogP contribution in [0.4, 0.5) is 5.69 Å². The van der Waals surface area contributed by atoms with Crippen molar-refractivity contribution in [2.75, 3.05) is 17.2 Å². The molecule has 0 radical (unpaired) electrons. The van der Waals surface area contributed by atoms with Gasteiger partial charge >= 0.3 is 0 Å². The molecule has 5 heteroatoms. The summed E-state index contributed by atoms with van der Waals surface area (Å²) in [6.45, 7) is 0.705. The van der Waals surface area contributed by atoms with E-state index < -0.39 is 0 Å². The molecule has 1 heterocycles. The van der Waals surface area contributed by atoms with Crippen LogP contribution in [0.25, 0.3) is 0 Å². The molecule has 0 aliphatic carbocycles. The van der Waals surface area contributed by atoms with Gasteiger partial charge in [-0.2, -0.15) is 12.6 Å². The number of hydrogen-bond donors (Lipinski definition) is 2. The topological polar surface area (TPSA) is 20.3 Å². The van der Waals surface area contributed by atoms with Gasteiger partial charge in [-0.25, -0.2) is 0 Å². The van der Waals surface area contributed by atoms with Gasteiger partial charge in [0.25, 0.3) is 0 Å². The van der Waals surface area contributed by atoms with E-state index in [0.29, 0.717) is 23.9 Å². The van der Waals surface area contributed by atoms with E-state index in [9.17, 15) is 4.79 Å². The van der Waals surface area contributed by atoms with E-state index in [0.717, 1.165) is 16.3 Å². The first-order valence-corrected chi connectivity index (χ1v) is 6.47. The summed E-state index contributed by atoms with van der Waals surface area (Å²) in [4.78, 5) is 14.3. The molecule has 1 aliphatic heterocycles. The molecule has 1 amide bonds. The normalized spacial score (nSPS) is 20.6. The second-order valence-corrected chi connectivity index (χ2v) is 5.17. The molecule has 1 unspecified atom stereocenters. The lowest BCUT2D eigenvalue weighted by Crippen LogP contribution is -2.25. The number of anilines is 1. The standard InChI is InChI=1S/C11H12ClNOS2/c12-8-1-2-10(16)9(4-8)13-5-7(6-15)3-11(13)14/h1-2,4,7,15-16H,3,5-6H2. The summed E-state index contributed by atoms with van der Waals surface area (Å²) in [5.74, 6) is 1.17. The van der Waals surface area contributed by atoms with E-state index in [-0.39, 0.29) is 5.91 Å². The molecule has 1 aliphatic rings. The van der Waals surface area contributed by atoms with Crippen LogP contribution in [0.5, 0.6) is 0 Å². The number of carbonyl (C=O) groups is 1. The fraction of sp³-hybridized carbons (Fsp3) is 0.364. The van der Waals surface area contributed by atoms with Crippen LogP contribution in [-0.4, -0.2) is 18.2 Å². The Hall–Kier alpha value is -0.320. The number of thiol groups is 2. The predicted octanol–water partition coefficient (Wildman–Crippen LogP) is 2.91. The number of hydrogen-bond acceptors (Lipinski definition) is 3. The highest BCUT2D eigenvalue weighted by atomic mass is 35.5. The van der Waals surface area contributed by atoms with Crippen LogP contribution in [0.3, 0.4) is 0 Å². The van der Waals surface area contributed by atoms with Crippen LogP contribution < -0.4 is 4.90 Å². The number of nitrogens with zero attached hydrogens (tertiary/aromatic N) is 1. The lowest BCUT2D eigenvalue weighted by molar-refractivity contribution is -0.117. The predicted molar refractivity (Wildman–Crippen MR) is 73.0 cm³/mol. The van der Waals surface area contributed by atoms with Crippen LogP contribution in [-0.2, 0) is 4.79 Å². The van der Waals surface area contributed by atoms with E-state index in [1.54, 1.807) is 17.0 Å². The summed E-state index contributed by atoms with van der Waals surface area (Å²) in [6, 6.07) is 5.36. The highest BCUT2D eigenvalue weighted by molar-refractivity contribution is 7.80. The Labute approximate surface area is 111 Å². The van der Waals surface area contributed by atoms with Crippen molar-refractivity contribution in [1.29, 1.82) is 0 Å². The van der Waals surface area contributed by atoms with Crippen molar-refractivity contribution in [3.05, 3.63) is 23.2 Å². The largest absolute Gasteiger partial charge is 0.311 e. The zero-order chi connectivity index (χ0) is 11.7. The molecule has 1 atom stereocenters. The third kappa shape index (κ3) is 2.34. The molecule has 0 spiro atoms. The number of rotatable bonds is 2. The number of amides is 1. The van der Waals surface area contributed by atoms with Crippen molar-refractivity contribution in [1.82, 2.24) is 0 Å². The number of carbonyl (C=O) groups excluding carboxylic acids is 1. The Kier molecular flexibility index (Phi) is 3.72. The van der Waals surface area contributed by atoms with Gasteiger partial charge in [0.15, 0.2) is 0 Å². The monoisotopic (exact) mass is 273 g/mol. The minimum atomic E-state index is 0.122. The van der Waals surface area contributed by atoms with Gasteiger partial charge in [0, 0.05) is 22.9 Å². The Balaban J connectivity index is 2.30. The minimum Gasteiger partial charge on any atom is -0.311 e. The molecule has 2 nitrogen and oxygen atoms in total. The molecule has 2 rings (SSSR count). The molecule has 16 heavy (non-hydrogen) atoms. The van der Waals surface area contributed by atoms with Crippen molar-refractivity contribution >= 4 is 48.5 Å². The maximum Gasteiger partial charge on any atom is 0.227 e. The molecular formula is C11H12ClNOS2. The van der Waals surface area contributed by atoms with Gasteiger partial charge in [-0.15, -0.1) is 12.6 Å². The van der Waals surface area contributed by atoms with Gasteiger partial charge in [0.2, 0.25) is 5.91 Å². The second kappa shape index (κ2) is 4.90. The number of benzene rings is 1. The van der Waals surface area contributed by atoms with Crippen molar-refractivity contribution in [3.63, 3.8) is 0 Å². The third-order valence-electron chi connectivity index (χ3n) is 2.69. The molecule has 0 saturated carbocycles. The lowest BCUT2D eigenvalue weighted by atomic mass is 10.1. The average Bonchev–Trinajstić information content (AvgIpc) is 2.63. The first kappa shape index (κ1) is 12.1.